The van der Waals surface area contributed by atoms with Gasteiger partial charge in [0.05, 0.1) is 16.1 Å². The van der Waals surface area contributed by atoms with Gasteiger partial charge < -0.3 is 0 Å². The van der Waals surface area contributed by atoms with Crippen LogP contribution in [0.15, 0.2) is 24.3 Å². The van der Waals surface area contributed by atoms with Crippen LogP contribution in [0.5, 0.6) is 0 Å². The third-order valence-electron chi connectivity index (χ3n) is 19.4. The van der Waals surface area contributed by atoms with E-state index in [0.29, 0.717) is 0 Å². The number of fused-ring (bicyclic) bond motifs is 10. The van der Waals surface area contributed by atoms with E-state index in [1.54, 1.807) is 25.7 Å². The molecule has 4 saturated heterocycles. The van der Waals surface area contributed by atoms with Crippen LogP contribution < -0.4 is 0 Å². The van der Waals surface area contributed by atoms with Gasteiger partial charge in [-0.25, -0.2) is 0 Å². The minimum atomic E-state index is -1.97. The van der Waals surface area contributed by atoms with Crippen LogP contribution in [0.2, 0.25) is 185 Å². The Balaban J connectivity index is 1.90. The monoisotopic (exact) mass is 872 g/mol. The molecule has 0 amide bonds. The normalized spacial score (nSPS) is 31.3. The Bertz CT molecular complexity index is 1360. The van der Waals surface area contributed by atoms with Gasteiger partial charge in [0.15, 0.2) is 0 Å². The molecule has 0 N–H and O–H groups in total. The zero-order chi connectivity index (χ0) is 40.1. The largest absolute Gasteiger partial charge is 0.0696 e. The topological polar surface area (TPSA) is 0 Å². The molecule has 0 radical (unpaired) electrons. The maximum absolute atomic E-state index is 2.96. The zero-order valence-corrected chi connectivity index (χ0v) is 49.4. The number of hydrogen-bond donors (Lipinski definition) is 0. The van der Waals surface area contributed by atoms with E-state index in [4.69, 9.17) is 0 Å². The summed E-state index contributed by atoms with van der Waals surface area (Å²) in [5.41, 5.74) is 8.19. The highest BCUT2D eigenvalue weighted by Crippen LogP contribution is 3.03. The summed E-state index contributed by atoms with van der Waals surface area (Å²) >= 11 is 0. The zero-order valence-electron chi connectivity index (χ0n) is 39.4. The molecule has 1 aromatic carbocycles. The molecular formula is C42H88Si10. The van der Waals surface area contributed by atoms with E-state index in [-0.39, 0.29) is 0 Å². The van der Waals surface area contributed by atoms with E-state index in [1.165, 1.54) is 0 Å². The van der Waals surface area contributed by atoms with Crippen LogP contribution in [0.3, 0.4) is 0 Å². The van der Waals surface area contributed by atoms with E-state index in [0.717, 1.165) is 39.3 Å². The van der Waals surface area contributed by atoms with Crippen LogP contribution >= 0.6 is 0 Å². The molecule has 52 heavy (non-hydrogen) atoms. The van der Waals surface area contributed by atoms with Gasteiger partial charge in [-0.2, -0.15) is 0 Å². The van der Waals surface area contributed by atoms with Gasteiger partial charge in [0.2, 0.25) is 0 Å². The summed E-state index contributed by atoms with van der Waals surface area (Å²) in [4.78, 5) is 0. The number of hydrogen-bond acceptors (Lipinski definition) is 0. The van der Waals surface area contributed by atoms with Crippen LogP contribution in [-0.2, 0) is 0 Å². The Morgan fingerprint density at radius 2 is 0.519 bits per heavy atom. The van der Waals surface area contributed by atoms with Gasteiger partial charge in [0.1, 0.15) is 0 Å². The second-order valence-electron chi connectivity index (χ2n) is 28.0. The van der Waals surface area contributed by atoms with Crippen molar-refractivity contribution >= 4 is 80.7 Å². The van der Waals surface area contributed by atoms with Gasteiger partial charge >= 0.3 is 0 Å². The average molecular weight is 874 g/mol. The average Bonchev–Trinajstić information content (AvgIpc) is 3.60. The van der Waals surface area contributed by atoms with Crippen molar-refractivity contribution in [1.29, 1.82) is 0 Å². The fourth-order valence-corrected chi connectivity index (χ4v) is 136. The smallest absolute Gasteiger partial charge is 0.0665 e. The number of rotatable bonds is 8. The van der Waals surface area contributed by atoms with E-state index in [1.807, 2.05) is 11.1 Å². The van der Waals surface area contributed by atoms with Gasteiger partial charge in [-0.3, -0.25) is 0 Å². The first kappa shape index (κ1) is 43.0. The van der Waals surface area contributed by atoms with Crippen molar-refractivity contribution in [2.75, 3.05) is 0 Å². The first-order valence-electron chi connectivity index (χ1n) is 22.0. The van der Waals surface area contributed by atoms with Gasteiger partial charge in [-0.15, -0.1) is 0 Å². The fraction of sp³-hybridized carbons (Fsp3) is 0.857. The molecule has 4 heterocycles. The highest BCUT2D eigenvalue weighted by atomic mass is 28.5. The van der Waals surface area contributed by atoms with Crippen molar-refractivity contribution in [2.45, 2.75) is 222 Å². The van der Waals surface area contributed by atoms with Crippen molar-refractivity contribution in [1.82, 2.24) is 0 Å². The molecule has 4 fully saturated rings. The molecule has 1 aliphatic carbocycles. The van der Waals surface area contributed by atoms with Crippen molar-refractivity contribution in [3.05, 3.63) is 35.4 Å². The summed E-state index contributed by atoms with van der Waals surface area (Å²) < 4.78 is 2.90. The maximum Gasteiger partial charge on any atom is 0.0665 e. The van der Waals surface area contributed by atoms with Crippen LogP contribution in [0.1, 0.15) is 47.9 Å². The Labute approximate surface area is 335 Å². The molecule has 0 aromatic heterocycles. The SMILES string of the molecule is C[Si](C)(C)C1([Si](C)(C)C)CCC([Si](C)(C)C)([Si](C)(C)C)[Si]12[C@@H]1[C@@H]3[C@H](c4ccccc4[C@@H]12)[Si]31C([Si](C)(C)C)([Si](C)(C)C)CCC1([Si](C)(C)C)[Si](C)(C)C. The summed E-state index contributed by atoms with van der Waals surface area (Å²) in [5.74, 6) is 0. The molecule has 10 heteroatoms. The molecule has 296 valence electrons. The predicted octanol–water partition coefficient (Wildman–Crippen LogP) is 15.2. The second-order valence-corrected chi connectivity index (χ2v) is 86.3. The molecule has 0 nitrogen and oxygen atoms in total. The Morgan fingerprint density at radius 3 is 0.673 bits per heavy atom. The van der Waals surface area contributed by atoms with Gasteiger partial charge in [-0.1, -0.05) is 207 Å². The molecule has 6 rings (SSSR count). The molecule has 2 spiro atoms. The van der Waals surface area contributed by atoms with Gasteiger partial charge in [0.25, 0.3) is 0 Å². The third kappa shape index (κ3) is 4.29. The summed E-state index contributed by atoms with van der Waals surface area (Å²) in [5, 5.41) is 0. The lowest BCUT2D eigenvalue weighted by molar-refractivity contribution is 0.763. The summed E-state index contributed by atoms with van der Waals surface area (Å²) in [6, 6.07) is 10.8. The third-order valence-corrected chi connectivity index (χ3v) is 101. The van der Waals surface area contributed by atoms with Crippen molar-refractivity contribution in [3.63, 3.8) is 0 Å². The van der Waals surface area contributed by atoms with E-state index in [9.17, 15) is 0 Å². The lowest BCUT2D eigenvalue weighted by Crippen LogP contribution is -2.73. The Kier molecular flexibility index (Phi) is 9.22. The molecule has 4 aliphatic heterocycles. The Hall–Kier alpha value is 1.39. The quantitative estimate of drug-likeness (QED) is 0.228. The molecule has 4 atom stereocenters. The molecule has 5 aliphatic rings. The summed E-state index contributed by atoms with van der Waals surface area (Å²) in [6.07, 6.45) is 6.56. The standard InChI is InChI=1S/C42H88Si10/c1-43(2,3)39(44(4,5)6)29-30-40(45(7,8)9,46(10,11)12)51(39)35-33-27-25-26-28-34(33)36-38(37(35)51)52(36)41(47(13,14)15,48(16,17)18)31-32-42(52,49(19,20)21)50(22,23)24/h25-28,35-38H,29-32H2,1-24H3/t35-,36-,37-,38-/m0/s1. The predicted molar refractivity (Wildman–Crippen MR) is 267 cm³/mol. The second kappa shape index (κ2) is 11.2. The first-order valence-corrected chi connectivity index (χ1v) is 54.3. The summed E-state index contributed by atoms with van der Waals surface area (Å²) in [6.45, 7) is 70.9. The van der Waals surface area contributed by atoms with Crippen LogP contribution in [0, 0.1) is 0 Å². The summed E-state index contributed by atoms with van der Waals surface area (Å²) in [7, 11) is -16.8. The van der Waals surface area contributed by atoms with Gasteiger partial charge in [-0.05, 0) is 50.4 Å². The van der Waals surface area contributed by atoms with Crippen LogP contribution in [0.25, 0.3) is 0 Å². The minimum absolute atomic E-state index is 0.726. The molecule has 0 bridgehead atoms. The van der Waals surface area contributed by atoms with E-state index < -0.39 is 80.7 Å². The van der Waals surface area contributed by atoms with Crippen molar-refractivity contribution in [2.24, 2.45) is 0 Å². The lowest BCUT2D eigenvalue weighted by Gasteiger charge is -2.64. The van der Waals surface area contributed by atoms with Crippen LogP contribution in [-0.4, -0.2) is 80.7 Å². The highest BCUT2D eigenvalue weighted by Gasteiger charge is 3.01. The van der Waals surface area contributed by atoms with Crippen molar-refractivity contribution in [3.8, 4) is 0 Å². The van der Waals surface area contributed by atoms with E-state index in [2.05, 4.69) is 181 Å². The molecule has 1 aromatic rings. The molecule has 0 unspecified atom stereocenters. The molecular weight excluding hydrogens is 785 g/mol. The van der Waals surface area contributed by atoms with Gasteiger partial charge in [0, 0.05) is 64.6 Å². The van der Waals surface area contributed by atoms with Crippen molar-refractivity contribution < 1.29 is 0 Å². The fourth-order valence-electron chi connectivity index (χ4n) is 20.7. The van der Waals surface area contributed by atoms with Crippen LogP contribution in [0.4, 0.5) is 0 Å². The maximum atomic E-state index is 2.96. The first-order chi connectivity index (χ1) is 22.9. The Morgan fingerprint density at radius 1 is 0.346 bits per heavy atom. The molecule has 0 saturated carbocycles. The highest BCUT2D eigenvalue weighted by molar-refractivity contribution is 7.35. The number of benzene rings is 1. The van der Waals surface area contributed by atoms with E-state index >= 15 is 0 Å². The lowest BCUT2D eigenvalue weighted by atomic mass is 9.92. The minimum Gasteiger partial charge on any atom is -0.0696 e.